The Hall–Kier alpha value is -1.53. The third-order valence-electron chi connectivity index (χ3n) is 4.29. The number of halogens is 1. The highest BCUT2D eigenvalue weighted by molar-refractivity contribution is 8.13. The first-order valence-electron chi connectivity index (χ1n) is 10.8. The quantitative estimate of drug-likeness (QED) is 0.331. The number of aliphatic hydroxyl groups is 3. The minimum Gasteiger partial charge on any atom is -0.396 e. The molecule has 0 spiro atoms. The molecule has 0 aliphatic carbocycles. The van der Waals surface area contributed by atoms with Crippen molar-refractivity contribution < 1.29 is 36.3 Å². The molecule has 0 fully saturated rings. The van der Waals surface area contributed by atoms with Gasteiger partial charge >= 0.3 is 0 Å². The van der Waals surface area contributed by atoms with Crippen molar-refractivity contribution in [1.82, 2.24) is 0 Å². The lowest BCUT2D eigenvalue weighted by Crippen LogP contribution is -2.22. The summed E-state index contributed by atoms with van der Waals surface area (Å²) in [7, 11) is -2.17. The van der Waals surface area contributed by atoms with Crippen molar-refractivity contribution in [1.29, 1.82) is 0 Å². The molecule has 0 unspecified atom stereocenters. The molecular weight excluding hydrogens is 516 g/mol. The molecule has 0 aromatic heterocycles. The summed E-state index contributed by atoms with van der Waals surface area (Å²) < 4.78 is 49.7. The second-order valence-corrected chi connectivity index (χ2v) is 13.4. The standard InChI is InChI=1S/C12H18O4S.C7H7ClO2S.C5H12O2/c1-10-4-6-11(7-5-10)17(14,15)16-9-8-12(2,3)13;1-6-2-4-7(5-3-6)11(8,9)10;1-5(2,7)3-4-6/h4-7,13H,8-9H2,1-3H3;2-5H,1H3;6-7H,3-4H2,1-2H3. The van der Waals surface area contributed by atoms with E-state index in [1.165, 1.54) is 24.3 Å². The van der Waals surface area contributed by atoms with Crippen LogP contribution in [-0.4, -0.2) is 56.6 Å². The van der Waals surface area contributed by atoms with Crippen LogP contribution in [0.1, 0.15) is 51.7 Å². The minimum absolute atomic E-state index is 0.0281. The summed E-state index contributed by atoms with van der Waals surface area (Å²) in [6, 6.07) is 12.8. The van der Waals surface area contributed by atoms with Gasteiger partial charge in [0, 0.05) is 23.7 Å². The van der Waals surface area contributed by atoms with E-state index >= 15 is 0 Å². The van der Waals surface area contributed by atoms with Crippen LogP contribution < -0.4 is 0 Å². The first kappa shape index (κ1) is 33.5. The van der Waals surface area contributed by atoms with Crippen LogP contribution in [0.15, 0.2) is 58.3 Å². The van der Waals surface area contributed by atoms with Gasteiger partial charge in [-0.2, -0.15) is 8.42 Å². The molecule has 200 valence electrons. The van der Waals surface area contributed by atoms with Crippen molar-refractivity contribution >= 4 is 29.9 Å². The Morgan fingerprint density at radius 3 is 1.40 bits per heavy atom. The van der Waals surface area contributed by atoms with Crippen molar-refractivity contribution in [3.63, 3.8) is 0 Å². The van der Waals surface area contributed by atoms with Gasteiger partial charge in [0.15, 0.2) is 0 Å². The van der Waals surface area contributed by atoms with Crippen molar-refractivity contribution in [2.24, 2.45) is 0 Å². The van der Waals surface area contributed by atoms with Gasteiger partial charge in [-0.05, 0) is 72.2 Å². The van der Waals surface area contributed by atoms with Crippen molar-refractivity contribution in [2.75, 3.05) is 13.2 Å². The Balaban J connectivity index is 0.000000550. The predicted molar refractivity (Wildman–Crippen MR) is 137 cm³/mol. The molecule has 0 bridgehead atoms. The zero-order valence-electron chi connectivity index (χ0n) is 21.0. The molecule has 0 radical (unpaired) electrons. The van der Waals surface area contributed by atoms with E-state index in [1.807, 2.05) is 13.8 Å². The molecule has 0 aliphatic heterocycles. The van der Waals surface area contributed by atoms with Crippen LogP contribution in [0, 0.1) is 13.8 Å². The number of benzene rings is 2. The molecule has 11 heteroatoms. The summed E-state index contributed by atoms with van der Waals surface area (Å²) in [5.74, 6) is 0. The molecule has 0 atom stereocenters. The lowest BCUT2D eigenvalue weighted by Gasteiger charge is -2.16. The SMILES string of the molecule is CC(C)(O)CCO.Cc1ccc(S(=O)(=O)Cl)cc1.Cc1ccc(S(=O)(=O)OCCC(C)(C)O)cc1. The summed E-state index contributed by atoms with van der Waals surface area (Å²) in [5, 5.41) is 26.5. The number of hydrogen-bond acceptors (Lipinski definition) is 8. The van der Waals surface area contributed by atoms with E-state index in [0.717, 1.165) is 11.1 Å². The summed E-state index contributed by atoms with van der Waals surface area (Å²) in [6.45, 7) is 10.3. The monoisotopic (exact) mass is 552 g/mol. The maximum Gasteiger partial charge on any atom is 0.296 e. The Kier molecular flexibility index (Phi) is 13.6. The van der Waals surface area contributed by atoms with Gasteiger partial charge in [-0.3, -0.25) is 4.18 Å². The lowest BCUT2D eigenvalue weighted by atomic mass is 10.1. The van der Waals surface area contributed by atoms with Crippen LogP contribution in [-0.2, 0) is 23.4 Å². The van der Waals surface area contributed by atoms with Gasteiger partial charge < -0.3 is 15.3 Å². The molecule has 2 aromatic rings. The maximum atomic E-state index is 11.7. The largest absolute Gasteiger partial charge is 0.396 e. The van der Waals surface area contributed by atoms with Crippen molar-refractivity contribution in [2.45, 2.75) is 75.4 Å². The Morgan fingerprint density at radius 1 is 0.743 bits per heavy atom. The lowest BCUT2D eigenvalue weighted by molar-refractivity contribution is 0.0514. The van der Waals surface area contributed by atoms with E-state index in [4.69, 9.17) is 25.1 Å². The van der Waals surface area contributed by atoms with Crippen LogP contribution in [0.3, 0.4) is 0 Å². The molecule has 0 heterocycles. The molecule has 0 saturated heterocycles. The van der Waals surface area contributed by atoms with Crippen LogP contribution in [0.25, 0.3) is 0 Å². The van der Waals surface area contributed by atoms with Crippen molar-refractivity contribution in [3.8, 4) is 0 Å². The van der Waals surface area contributed by atoms with Crippen LogP contribution >= 0.6 is 10.7 Å². The summed E-state index contributed by atoms with van der Waals surface area (Å²) in [5.41, 5.74) is 0.367. The molecule has 35 heavy (non-hydrogen) atoms. The van der Waals surface area contributed by atoms with Gasteiger partial charge in [-0.25, -0.2) is 8.42 Å². The number of aliphatic hydroxyl groups excluding tert-OH is 1. The van der Waals surface area contributed by atoms with Crippen molar-refractivity contribution in [3.05, 3.63) is 59.7 Å². The van der Waals surface area contributed by atoms with Gasteiger partial charge in [0.1, 0.15) is 0 Å². The minimum atomic E-state index is -3.71. The van der Waals surface area contributed by atoms with Gasteiger partial charge in [0.2, 0.25) is 0 Å². The first-order valence-corrected chi connectivity index (χ1v) is 14.5. The van der Waals surface area contributed by atoms with Crippen LogP contribution in [0.4, 0.5) is 0 Å². The predicted octanol–water partition coefficient (Wildman–Crippen LogP) is 3.92. The van der Waals surface area contributed by atoms with E-state index in [1.54, 1.807) is 52.0 Å². The third-order valence-corrected chi connectivity index (χ3v) is 6.98. The average molecular weight is 553 g/mol. The molecule has 0 aliphatic rings. The highest BCUT2D eigenvalue weighted by Crippen LogP contribution is 2.16. The Bertz CT molecular complexity index is 1080. The second-order valence-electron chi connectivity index (χ2n) is 9.19. The number of aryl methyl sites for hydroxylation is 2. The maximum absolute atomic E-state index is 11.7. The summed E-state index contributed by atoms with van der Waals surface area (Å²) >= 11 is 0. The fourth-order valence-corrected chi connectivity index (χ4v) is 3.83. The van der Waals surface area contributed by atoms with Gasteiger partial charge in [-0.15, -0.1) is 0 Å². The second kappa shape index (κ2) is 14.3. The van der Waals surface area contributed by atoms with Crippen LogP contribution in [0.2, 0.25) is 0 Å². The zero-order chi connectivity index (χ0) is 27.5. The Labute approximate surface area is 214 Å². The van der Waals surface area contributed by atoms with E-state index in [0.29, 0.717) is 6.42 Å². The van der Waals surface area contributed by atoms with E-state index in [9.17, 15) is 21.9 Å². The van der Waals surface area contributed by atoms with Gasteiger partial charge in [0.05, 0.1) is 27.6 Å². The smallest absolute Gasteiger partial charge is 0.296 e. The van der Waals surface area contributed by atoms with E-state index < -0.39 is 30.4 Å². The molecular formula is C24H37ClO8S2. The van der Waals surface area contributed by atoms with Crippen LogP contribution in [0.5, 0.6) is 0 Å². The topological polar surface area (TPSA) is 138 Å². The number of hydrogen-bond donors (Lipinski definition) is 3. The number of rotatable bonds is 8. The van der Waals surface area contributed by atoms with E-state index in [-0.39, 0.29) is 29.4 Å². The van der Waals surface area contributed by atoms with Gasteiger partial charge in [-0.1, -0.05) is 35.4 Å². The third kappa shape index (κ3) is 16.7. The molecule has 3 N–H and O–H groups in total. The first-order chi connectivity index (χ1) is 15.8. The molecule has 0 saturated carbocycles. The highest BCUT2D eigenvalue weighted by atomic mass is 35.7. The fraction of sp³-hybridized carbons (Fsp3) is 0.500. The fourth-order valence-electron chi connectivity index (χ4n) is 2.15. The average Bonchev–Trinajstić information content (AvgIpc) is 2.67. The Morgan fingerprint density at radius 2 is 1.11 bits per heavy atom. The van der Waals surface area contributed by atoms with Gasteiger partial charge in [0.25, 0.3) is 19.2 Å². The van der Waals surface area contributed by atoms with E-state index in [2.05, 4.69) is 0 Å². The summed E-state index contributed by atoms with van der Waals surface area (Å²) in [4.78, 5) is 0.281. The highest BCUT2D eigenvalue weighted by Gasteiger charge is 2.18. The molecule has 8 nitrogen and oxygen atoms in total. The summed E-state index contributed by atoms with van der Waals surface area (Å²) in [6.07, 6.45) is 0.713. The molecule has 2 aromatic carbocycles. The molecule has 2 rings (SSSR count). The zero-order valence-corrected chi connectivity index (χ0v) is 23.4. The molecule has 0 amide bonds. The normalized spacial score (nSPS) is 12.2.